The maximum absolute atomic E-state index is 12.4. The molecule has 0 aromatic rings. The maximum Gasteiger partial charge on any atom is 0.237 e. The van der Waals surface area contributed by atoms with E-state index in [9.17, 15) is 9.59 Å². The molecule has 1 N–H and O–H groups in total. The number of amides is 1. The summed E-state index contributed by atoms with van der Waals surface area (Å²) in [6, 6.07) is -0.350. The lowest BCUT2D eigenvalue weighted by Crippen LogP contribution is -2.47. The minimum absolute atomic E-state index is 0. The first-order valence-electron chi connectivity index (χ1n) is 9.61. The zero-order valence-corrected chi connectivity index (χ0v) is 18.2. The van der Waals surface area contributed by atoms with Crippen molar-refractivity contribution in [2.45, 2.75) is 65.3 Å². The second-order valence-corrected chi connectivity index (χ2v) is 6.94. The summed E-state index contributed by atoms with van der Waals surface area (Å²) in [6.07, 6.45) is 5.70. The highest BCUT2D eigenvalue weighted by Crippen LogP contribution is 2.08. The number of rotatable bonds is 14. The normalized spacial score (nSPS) is 11.9. The summed E-state index contributed by atoms with van der Waals surface area (Å²) < 4.78 is 0. The van der Waals surface area contributed by atoms with Gasteiger partial charge in [0, 0.05) is 14.4 Å². The average Bonchev–Trinajstić information content (AvgIpc) is 2.57. The Morgan fingerprint density at radius 1 is 1.00 bits per heavy atom. The second-order valence-electron chi connectivity index (χ2n) is 6.49. The van der Waals surface area contributed by atoms with Crippen LogP contribution in [0.15, 0.2) is 0 Å². The van der Waals surface area contributed by atoms with Crippen molar-refractivity contribution in [1.82, 2.24) is 15.1 Å². The molecule has 1 amide bonds. The smallest absolute Gasteiger partial charge is 0.237 e. The van der Waals surface area contributed by atoms with Gasteiger partial charge < -0.3 is 10.2 Å². The second kappa shape index (κ2) is 18.2. The molecule has 152 valence electrons. The first-order valence-corrected chi connectivity index (χ1v) is 10.2. The zero-order chi connectivity index (χ0) is 19.7. The first-order chi connectivity index (χ1) is 11.9. The van der Waals surface area contributed by atoms with E-state index in [4.69, 9.17) is 0 Å². The molecule has 0 aliphatic carbocycles. The predicted molar refractivity (Wildman–Crippen MR) is 114 cm³/mol. The van der Waals surface area contributed by atoms with E-state index < -0.39 is 0 Å². The third-order valence-corrected chi connectivity index (χ3v) is 4.13. The van der Waals surface area contributed by atoms with Gasteiger partial charge >= 0.3 is 0 Å². The summed E-state index contributed by atoms with van der Waals surface area (Å²) in [5.41, 5.74) is 0. The van der Waals surface area contributed by atoms with Crippen LogP contribution in [0, 0.1) is 0 Å². The molecular weight excluding hydrogens is 334 g/mol. The molecule has 0 aliphatic heterocycles. The van der Waals surface area contributed by atoms with Gasteiger partial charge in [0.2, 0.25) is 5.91 Å². The molecule has 0 aromatic heterocycles. The lowest BCUT2D eigenvalue weighted by molar-refractivity contribution is -0.129. The number of hydrogen-bond acceptors (Lipinski definition) is 5. The van der Waals surface area contributed by atoms with Gasteiger partial charge in [0.25, 0.3) is 0 Å². The van der Waals surface area contributed by atoms with Crippen molar-refractivity contribution in [3.63, 3.8) is 0 Å². The average molecular weight is 378 g/mol. The third-order valence-electron chi connectivity index (χ3n) is 3.82. The van der Waals surface area contributed by atoms with Crippen LogP contribution in [0.3, 0.4) is 0 Å². The van der Waals surface area contributed by atoms with Crippen molar-refractivity contribution < 1.29 is 11.0 Å². The highest BCUT2D eigenvalue weighted by Gasteiger charge is 2.24. The minimum Gasteiger partial charge on any atom is -0.355 e. The van der Waals surface area contributed by atoms with Crippen LogP contribution < -0.4 is 5.32 Å². The summed E-state index contributed by atoms with van der Waals surface area (Å²) in [7, 11) is 5.97. The molecular formula is C19H43N3O2S. The van der Waals surface area contributed by atoms with Crippen LogP contribution >= 0.6 is 12.6 Å². The molecule has 25 heavy (non-hydrogen) atoms. The largest absolute Gasteiger partial charge is 0.355 e. The van der Waals surface area contributed by atoms with Gasteiger partial charge in [0.1, 0.15) is 5.78 Å². The van der Waals surface area contributed by atoms with Crippen LogP contribution in [0.4, 0.5) is 0 Å². The predicted octanol–water partition coefficient (Wildman–Crippen LogP) is 3.10. The van der Waals surface area contributed by atoms with Crippen LogP contribution in [-0.2, 0) is 9.59 Å². The number of carbonyl (C=O) groups is 2. The molecule has 1 atom stereocenters. The number of nitrogens with zero attached hydrogens (tertiary/aromatic N) is 2. The Bertz CT molecular complexity index is 345. The molecule has 0 saturated carbocycles. The minimum atomic E-state index is -0.350. The Kier molecular flexibility index (Phi) is 19.4. The monoisotopic (exact) mass is 377 g/mol. The van der Waals surface area contributed by atoms with E-state index in [-0.39, 0.29) is 25.6 Å². The number of thiol groups is 1. The summed E-state index contributed by atoms with van der Waals surface area (Å²) >= 11 is 4.21. The molecule has 0 saturated heterocycles. The molecule has 0 heterocycles. The van der Waals surface area contributed by atoms with Crippen molar-refractivity contribution in [2.75, 3.05) is 46.5 Å². The van der Waals surface area contributed by atoms with E-state index in [0.717, 1.165) is 44.5 Å². The fourth-order valence-corrected chi connectivity index (χ4v) is 2.65. The van der Waals surface area contributed by atoms with E-state index in [1.807, 2.05) is 39.9 Å². The standard InChI is InChI=1S/C17H35N3O2S.C2H6.H2/c1-15(21)14-16(17(22)18-10-9-11-19(2)3)20(4)12-7-5-6-8-13-23;1-2;/h16,23H,5-14H2,1-4H3,(H,18,22);1-2H3;1H. The van der Waals surface area contributed by atoms with Gasteiger partial charge in [-0.15, -0.1) is 0 Å². The van der Waals surface area contributed by atoms with Crippen LogP contribution in [-0.4, -0.2) is 74.1 Å². The van der Waals surface area contributed by atoms with Gasteiger partial charge in [-0.2, -0.15) is 12.6 Å². The van der Waals surface area contributed by atoms with Gasteiger partial charge in [0.05, 0.1) is 6.04 Å². The van der Waals surface area contributed by atoms with E-state index in [1.54, 1.807) is 6.92 Å². The quantitative estimate of drug-likeness (QED) is 0.361. The number of ketones is 1. The van der Waals surface area contributed by atoms with E-state index in [1.165, 1.54) is 6.42 Å². The summed E-state index contributed by atoms with van der Waals surface area (Å²) in [5, 5.41) is 2.97. The van der Waals surface area contributed by atoms with E-state index >= 15 is 0 Å². The van der Waals surface area contributed by atoms with Crippen molar-refractivity contribution >= 4 is 24.3 Å². The first kappa shape index (κ1) is 26.6. The van der Waals surface area contributed by atoms with Gasteiger partial charge in [-0.05, 0) is 66.2 Å². The van der Waals surface area contributed by atoms with Crippen LogP contribution in [0.25, 0.3) is 0 Å². The summed E-state index contributed by atoms with van der Waals surface area (Å²) in [4.78, 5) is 28.0. The van der Waals surface area contributed by atoms with Crippen LogP contribution in [0.1, 0.15) is 60.7 Å². The molecule has 0 rings (SSSR count). The highest BCUT2D eigenvalue weighted by atomic mass is 32.1. The molecule has 0 aromatic carbocycles. The topological polar surface area (TPSA) is 52.7 Å². The van der Waals surface area contributed by atoms with Crippen LogP contribution in [0.5, 0.6) is 0 Å². The molecule has 0 bridgehead atoms. The molecule has 6 heteroatoms. The molecule has 0 fully saturated rings. The fraction of sp³-hybridized carbons (Fsp3) is 0.895. The molecule has 0 spiro atoms. The molecule has 0 radical (unpaired) electrons. The van der Waals surface area contributed by atoms with E-state index in [0.29, 0.717) is 6.54 Å². The Labute approximate surface area is 162 Å². The molecule has 1 unspecified atom stereocenters. The van der Waals surface area contributed by atoms with Crippen LogP contribution in [0.2, 0.25) is 0 Å². The molecule has 0 aliphatic rings. The number of hydrogen-bond donors (Lipinski definition) is 2. The number of unbranched alkanes of at least 4 members (excludes halogenated alkanes) is 3. The lowest BCUT2D eigenvalue weighted by atomic mass is 10.1. The Morgan fingerprint density at radius 2 is 1.60 bits per heavy atom. The lowest BCUT2D eigenvalue weighted by Gasteiger charge is -2.26. The number of Topliss-reactive ketones (excluding diaryl/α,β-unsaturated/α-hetero) is 1. The summed E-state index contributed by atoms with van der Waals surface area (Å²) in [5.74, 6) is 0.954. The molecule has 5 nitrogen and oxygen atoms in total. The van der Waals surface area contributed by atoms with Crippen molar-refractivity contribution in [3.8, 4) is 0 Å². The van der Waals surface area contributed by atoms with Gasteiger partial charge in [-0.1, -0.05) is 26.7 Å². The summed E-state index contributed by atoms with van der Waals surface area (Å²) in [6.45, 7) is 7.99. The van der Waals surface area contributed by atoms with E-state index in [2.05, 4.69) is 22.8 Å². The number of carbonyl (C=O) groups excluding carboxylic acids is 2. The van der Waals surface area contributed by atoms with Crippen molar-refractivity contribution in [1.29, 1.82) is 0 Å². The number of nitrogens with one attached hydrogen (secondary N) is 1. The van der Waals surface area contributed by atoms with Gasteiger partial charge in [-0.25, -0.2) is 0 Å². The zero-order valence-electron chi connectivity index (χ0n) is 17.3. The van der Waals surface area contributed by atoms with Crippen molar-refractivity contribution in [3.05, 3.63) is 0 Å². The Morgan fingerprint density at radius 3 is 2.12 bits per heavy atom. The maximum atomic E-state index is 12.4. The Hall–Kier alpha value is -0.590. The SMILES string of the molecule is CC.CC(=O)CC(C(=O)NCCCN(C)C)N(C)CCCCCCS.[HH]. The van der Waals surface area contributed by atoms with Crippen molar-refractivity contribution in [2.24, 2.45) is 0 Å². The third kappa shape index (κ3) is 16.6. The Balaban J connectivity index is -0.00000170. The van der Waals surface area contributed by atoms with Gasteiger partial charge in [0.15, 0.2) is 0 Å². The highest BCUT2D eigenvalue weighted by molar-refractivity contribution is 7.80. The van der Waals surface area contributed by atoms with Gasteiger partial charge in [-0.3, -0.25) is 14.5 Å². The fourth-order valence-electron chi connectivity index (χ4n) is 2.43. The number of likely N-dealkylation sites (N-methyl/N-ethyl adjacent to an activating group) is 1.